The number of aliphatic hydroxyl groups excluding tert-OH is 1. The topological polar surface area (TPSA) is 251 Å². The molecule has 4 atom stereocenters. The Morgan fingerprint density at radius 3 is 2.23 bits per heavy atom. The predicted octanol–water partition coefficient (Wildman–Crippen LogP) is -1.33. The maximum Gasteiger partial charge on any atom is 0.326 e. The number of carboxylic acids is 1. The first kappa shape index (κ1) is 32.0. The number of guanidine groups is 1. The number of aromatic amines is 1. The van der Waals surface area contributed by atoms with E-state index in [1.165, 1.54) is 0 Å². The van der Waals surface area contributed by atoms with Crippen LogP contribution < -0.4 is 33.2 Å². The van der Waals surface area contributed by atoms with Gasteiger partial charge in [0.15, 0.2) is 5.96 Å². The van der Waals surface area contributed by atoms with Crippen molar-refractivity contribution in [1.82, 2.24) is 20.9 Å². The molecule has 0 aliphatic heterocycles. The fraction of sp³-hybridized carbons (Fsp3) is 0.500. The van der Waals surface area contributed by atoms with E-state index in [1.54, 1.807) is 6.20 Å². The molecule has 14 heteroatoms. The van der Waals surface area contributed by atoms with E-state index >= 15 is 0 Å². The number of carbonyl (C=O) groups excluding carboxylic acids is 3. The van der Waals surface area contributed by atoms with Crippen LogP contribution in [0.5, 0.6) is 0 Å². The van der Waals surface area contributed by atoms with Crippen LogP contribution in [0.4, 0.5) is 0 Å². The lowest BCUT2D eigenvalue weighted by molar-refractivity contribution is -0.142. The van der Waals surface area contributed by atoms with E-state index in [4.69, 9.17) is 17.2 Å². The summed E-state index contributed by atoms with van der Waals surface area (Å²) in [5, 5.41) is 27.5. The van der Waals surface area contributed by atoms with Crippen molar-refractivity contribution in [1.29, 1.82) is 0 Å². The second-order valence-electron chi connectivity index (χ2n) is 9.95. The molecule has 12 N–H and O–H groups in total. The minimum atomic E-state index is -1.45. The lowest BCUT2D eigenvalue weighted by Gasteiger charge is -2.25. The molecular formula is C26H40N8O6. The van der Waals surface area contributed by atoms with E-state index in [-0.39, 0.29) is 44.1 Å². The number of aromatic nitrogens is 1. The number of hydrogen-bond acceptors (Lipinski definition) is 7. The van der Waals surface area contributed by atoms with Gasteiger partial charge in [-0.15, -0.1) is 0 Å². The third kappa shape index (κ3) is 9.85. The number of aliphatic imine (C=N–C) groups is 1. The summed E-state index contributed by atoms with van der Waals surface area (Å²) in [6.45, 7) is 3.09. The number of aliphatic carboxylic acids is 1. The number of para-hydroxylation sites is 1. The van der Waals surface area contributed by atoms with E-state index in [2.05, 4.69) is 25.9 Å². The molecular weight excluding hydrogens is 520 g/mol. The Hall–Kier alpha value is -4.17. The Kier molecular flexibility index (Phi) is 12.4. The van der Waals surface area contributed by atoms with Crippen molar-refractivity contribution in [2.45, 2.75) is 63.7 Å². The zero-order chi connectivity index (χ0) is 29.8. The Labute approximate surface area is 232 Å². The van der Waals surface area contributed by atoms with Crippen molar-refractivity contribution in [2.75, 3.05) is 13.2 Å². The SMILES string of the molecule is CC(C)CC(NC(=O)C(N)Cc1c[nH]c2ccccc12)C(=O)NC(CO)C(=O)NC(CCCN=C(N)N)C(=O)O. The number of aliphatic hydroxyl groups is 1. The minimum Gasteiger partial charge on any atom is -0.480 e. The van der Waals surface area contributed by atoms with Crippen molar-refractivity contribution in [3.05, 3.63) is 36.0 Å². The van der Waals surface area contributed by atoms with Crippen LogP contribution in [-0.4, -0.2) is 82.2 Å². The number of hydrogen-bond donors (Lipinski definition) is 9. The normalized spacial score (nSPS) is 14.1. The van der Waals surface area contributed by atoms with Gasteiger partial charge in [-0.05, 0) is 43.2 Å². The molecule has 2 aromatic rings. The molecule has 14 nitrogen and oxygen atoms in total. The van der Waals surface area contributed by atoms with Gasteiger partial charge in [0, 0.05) is 23.6 Å². The summed E-state index contributed by atoms with van der Waals surface area (Å²) >= 11 is 0. The van der Waals surface area contributed by atoms with Crippen LogP contribution in [-0.2, 0) is 25.6 Å². The van der Waals surface area contributed by atoms with E-state index < -0.39 is 54.5 Å². The van der Waals surface area contributed by atoms with Crippen LogP contribution in [0.25, 0.3) is 10.9 Å². The Bertz CT molecular complexity index is 1190. The summed E-state index contributed by atoms with van der Waals surface area (Å²) in [4.78, 5) is 57.2. The molecule has 0 aliphatic rings. The van der Waals surface area contributed by atoms with Gasteiger partial charge in [-0.3, -0.25) is 19.4 Å². The molecule has 2 rings (SSSR count). The Morgan fingerprint density at radius 2 is 1.60 bits per heavy atom. The molecule has 0 spiro atoms. The van der Waals surface area contributed by atoms with Gasteiger partial charge in [-0.25, -0.2) is 4.79 Å². The van der Waals surface area contributed by atoms with Gasteiger partial charge in [-0.2, -0.15) is 0 Å². The monoisotopic (exact) mass is 560 g/mol. The number of rotatable bonds is 16. The number of fused-ring (bicyclic) bond motifs is 1. The smallest absolute Gasteiger partial charge is 0.326 e. The molecule has 0 aliphatic carbocycles. The van der Waals surface area contributed by atoms with Crippen LogP contribution in [0.15, 0.2) is 35.5 Å². The summed E-state index contributed by atoms with van der Waals surface area (Å²) < 4.78 is 0. The number of nitrogens with one attached hydrogen (secondary N) is 4. The molecule has 220 valence electrons. The molecule has 3 amide bonds. The average molecular weight is 561 g/mol. The fourth-order valence-corrected chi connectivity index (χ4v) is 4.11. The van der Waals surface area contributed by atoms with E-state index in [0.717, 1.165) is 16.5 Å². The van der Waals surface area contributed by atoms with Crippen molar-refractivity contribution >= 4 is 40.6 Å². The third-order valence-electron chi connectivity index (χ3n) is 6.17. The summed E-state index contributed by atoms with van der Waals surface area (Å²) in [5.41, 5.74) is 18.4. The molecule has 1 aromatic carbocycles. The highest BCUT2D eigenvalue weighted by Crippen LogP contribution is 2.19. The number of nitrogens with two attached hydrogens (primary N) is 3. The van der Waals surface area contributed by atoms with Gasteiger partial charge in [-0.1, -0.05) is 32.0 Å². The second kappa shape index (κ2) is 15.4. The number of carboxylic acid groups (broad SMARTS) is 1. The standard InChI is InChI=1S/C26H40N8O6/c1-14(2)10-20(33-22(36)17(27)11-15-12-31-18-7-4-3-6-16(15)18)23(37)34-21(13-35)24(38)32-19(25(39)40)8-5-9-30-26(28)29/h3-4,6-7,12,14,17,19-21,31,35H,5,8-11,13,27H2,1-2H3,(H,32,38)(H,33,36)(H,34,37)(H,39,40)(H4,28,29,30). The highest BCUT2D eigenvalue weighted by molar-refractivity contribution is 5.94. The van der Waals surface area contributed by atoms with Gasteiger partial charge < -0.3 is 48.3 Å². The molecule has 40 heavy (non-hydrogen) atoms. The number of benzene rings is 1. The van der Waals surface area contributed by atoms with Crippen molar-refractivity contribution in [2.24, 2.45) is 28.1 Å². The van der Waals surface area contributed by atoms with E-state index in [1.807, 2.05) is 38.1 Å². The van der Waals surface area contributed by atoms with Crippen LogP contribution in [0.1, 0.15) is 38.7 Å². The first-order valence-corrected chi connectivity index (χ1v) is 13.0. The quantitative estimate of drug-likeness (QED) is 0.0669. The number of H-pyrrole nitrogens is 1. The summed E-state index contributed by atoms with van der Waals surface area (Å²) in [6.07, 6.45) is 2.54. The highest BCUT2D eigenvalue weighted by Gasteiger charge is 2.30. The molecule has 4 unspecified atom stereocenters. The molecule has 1 aromatic heterocycles. The molecule has 0 saturated heterocycles. The molecule has 1 heterocycles. The zero-order valence-electron chi connectivity index (χ0n) is 22.7. The van der Waals surface area contributed by atoms with Gasteiger partial charge in [0.2, 0.25) is 17.7 Å². The number of amides is 3. The lowest BCUT2D eigenvalue weighted by Crippen LogP contribution is -2.58. The van der Waals surface area contributed by atoms with Crippen LogP contribution in [0.3, 0.4) is 0 Å². The lowest BCUT2D eigenvalue weighted by atomic mass is 10.0. The Morgan fingerprint density at radius 1 is 0.975 bits per heavy atom. The minimum absolute atomic E-state index is 0.0103. The average Bonchev–Trinajstić information content (AvgIpc) is 3.30. The van der Waals surface area contributed by atoms with Gasteiger partial charge in [0.25, 0.3) is 0 Å². The fourth-order valence-electron chi connectivity index (χ4n) is 4.11. The number of nitrogens with zero attached hydrogens (tertiary/aromatic N) is 1. The molecule has 0 saturated carbocycles. The van der Waals surface area contributed by atoms with Crippen molar-refractivity contribution in [3.63, 3.8) is 0 Å². The summed E-state index contributed by atoms with van der Waals surface area (Å²) in [5.74, 6) is -3.60. The maximum absolute atomic E-state index is 13.1. The van der Waals surface area contributed by atoms with Crippen LogP contribution in [0, 0.1) is 5.92 Å². The summed E-state index contributed by atoms with van der Waals surface area (Å²) in [6, 6.07) is 2.87. The summed E-state index contributed by atoms with van der Waals surface area (Å²) in [7, 11) is 0. The first-order valence-electron chi connectivity index (χ1n) is 13.0. The van der Waals surface area contributed by atoms with Gasteiger partial charge >= 0.3 is 5.97 Å². The molecule has 0 radical (unpaired) electrons. The predicted molar refractivity (Wildman–Crippen MR) is 150 cm³/mol. The Balaban J connectivity index is 2.02. The van der Waals surface area contributed by atoms with E-state index in [9.17, 15) is 29.4 Å². The molecule has 0 fully saturated rings. The van der Waals surface area contributed by atoms with Crippen molar-refractivity contribution in [3.8, 4) is 0 Å². The van der Waals surface area contributed by atoms with Crippen LogP contribution >= 0.6 is 0 Å². The van der Waals surface area contributed by atoms with Crippen LogP contribution in [0.2, 0.25) is 0 Å². The first-order chi connectivity index (χ1) is 18.9. The zero-order valence-corrected chi connectivity index (χ0v) is 22.7. The van der Waals surface area contributed by atoms with Gasteiger partial charge in [0.05, 0.1) is 12.6 Å². The highest BCUT2D eigenvalue weighted by atomic mass is 16.4. The number of carbonyl (C=O) groups is 4. The van der Waals surface area contributed by atoms with Crippen molar-refractivity contribution < 1.29 is 29.4 Å². The second-order valence-corrected chi connectivity index (χ2v) is 9.95. The maximum atomic E-state index is 13.1. The van der Waals surface area contributed by atoms with E-state index in [0.29, 0.717) is 0 Å². The molecule has 0 bridgehead atoms. The van der Waals surface area contributed by atoms with Gasteiger partial charge in [0.1, 0.15) is 18.1 Å². The third-order valence-corrected chi connectivity index (χ3v) is 6.17. The largest absolute Gasteiger partial charge is 0.480 e.